The van der Waals surface area contributed by atoms with Crippen molar-refractivity contribution in [2.75, 3.05) is 18.1 Å². The van der Waals surface area contributed by atoms with Crippen LogP contribution < -0.4 is 10.0 Å². The van der Waals surface area contributed by atoms with Crippen LogP contribution in [0.3, 0.4) is 0 Å². The zero-order valence-electron chi connectivity index (χ0n) is 12.3. The Morgan fingerprint density at radius 3 is 2.90 bits per heavy atom. The van der Waals surface area contributed by atoms with Gasteiger partial charge in [-0.2, -0.15) is 11.8 Å². The maximum Gasteiger partial charge on any atom is 0.240 e. The second kappa shape index (κ2) is 6.18. The van der Waals surface area contributed by atoms with E-state index in [4.69, 9.17) is 0 Å². The van der Waals surface area contributed by atoms with Crippen molar-refractivity contribution < 1.29 is 8.42 Å². The lowest BCUT2D eigenvalue weighted by Gasteiger charge is -2.30. The van der Waals surface area contributed by atoms with Gasteiger partial charge in [0.25, 0.3) is 0 Å². The van der Waals surface area contributed by atoms with Crippen LogP contribution in [0.25, 0.3) is 0 Å². The molecule has 1 heterocycles. The summed E-state index contributed by atoms with van der Waals surface area (Å²) in [6.45, 7) is 0.892. The first kappa shape index (κ1) is 15.2. The summed E-state index contributed by atoms with van der Waals surface area (Å²) in [5, 5.41) is 3.63. The van der Waals surface area contributed by atoms with Crippen LogP contribution in [0.2, 0.25) is 0 Å². The van der Waals surface area contributed by atoms with Crippen molar-refractivity contribution in [2.45, 2.75) is 48.3 Å². The van der Waals surface area contributed by atoms with Gasteiger partial charge in [0.15, 0.2) is 0 Å². The number of nitrogens with one attached hydrogen (secondary N) is 2. The lowest BCUT2D eigenvalue weighted by Crippen LogP contribution is -2.43. The molecule has 1 aromatic carbocycles. The Kier molecular flexibility index (Phi) is 4.47. The number of anilines is 1. The van der Waals surface area contributed by atoms with Gasteiger partial charge in [0.2, 0.25) is 10.0 Å². The number of sulfonamides is 1. The summed E-state index contributed by atoms with van der Waals surface area (Å²) in [4.78, 5) is 0.376. The van der Waals surface area contributed by atoms with Gasteiger partial charge in [-0.1, -0.05) is 18.9 Å². The Labute approximate surface area is 131 Å². The van der Waals surface area contributed by atoms with Gasteiger partial charge in [0.05, 0.1) is 4.90 Å². The number of fused-ring (bicyclic) bond motifs is 1. The zero-order chi connectivity index (χ0) is 14.9. The van der Waals surface area contributed by atoms with Crippen molar-refractivity contribution >= 4 is 27.5 Å². The highest BCUT2D eigenvalue weighted by atomic mass is 32.2. The van der Waals surface area contributed by atoms with Crippen LogP contribution in [-0.4, -0.2) is 32.5 Å². The van der Waals surface area contributed by atoms with E-state index >= 15 is 0 Å². The smallest absolute Gasteiger partial charge is 0.240 e. The van der Waals surface area contributed by atoms with Crippen LogP contribution in [0.5, 0.6) is 0 Å². The number of thioether (sulfide) groups is 1. The minimum Gasteiger partial charge on any atom is -0.384 e. The van der Waals surface area contributed by atoms with E-state index in [-0.39, 0.29) is 6.04 Å². The number of benzene rings is 1. The second-order valence-corrected chi connectivity index (χ2v) is 8.57. The van der Waals surface area contributed by atoms with E-state index < -0.39 is 10.0 Å². The van der Waals surface area contributed by atoms with Gasteiger partial charge in [0, 0.05) is 23.5 Å². The highest BCUT2D eigenvalue weighted by Gasteiger charge is 2.29. The molecule has 4 nitrogen and oxygen atoms in total. The van der Waals surface area contributed by atoms with E-state index in [2.05, 4.69) is 16.3 Å². The van der Waals surface area contributed by atoms with Crippen LogP contribution in [-0.2, 0) is 16.4 Å². The summed E-state index contributed by atoms with van der Waals surface area (Å²) in [5.74, 6) is 0. The largest absolute Gasteiger partial charge is 0.384 e. The van der Waals surface area contributed by atoms with Crippen molar-refractivity contribution in [1.82, 2.24) is 4.72 Å². The van der Waals surface area contributed by atoms with Gasteiger partial charge in [-0.25, -0.2) is 13.1 Å². The highest BCUT2D eigenvalue weighted by Crippen LogP contribution is 2.29. The summed E-state index contributed by atoms with van der Waals surface area (Å²) in [6.07, 6.45) is 7.38. The Morgan fingerprint density at radius 2 is 2.10 bits per heavy atom. The SMILES string of the molecule is CSC1CCCCC1NS(=O)(=O)c1ccc2c(c1)NCC2. The molecule has 2 atom stereocenters. The van der Waals surface area contributed by atoms with E-state index in [0.717, 1.165) is 37.9 Å². The topological polar surface area (TPSA) is 58.2 Å². The van der Waals surface area contributed by atoms with Crippen LogP contribution in [0.4, 0.5) is 5.69 Å². The maximum absolute atomic E-state index is 12.6. The average Bonchev–Trinajstić information content (AvgIpc) is 2.95. The second-order valence-electron chi connectivity index (χ2n) is 5.78. The molecule has 1 aromatic rings. The van der Waals surface area contributed by atoms with Crippen LogP contribution >= 0.6 is 11.8 Å². The molecule has 0 saturated heterocycles. The predicted octanol–water partition coefficient (Wildman–Crippen LogP) is 2.61. The standard InChI is InChI=1S/C15H22N2O2S2/c1-20-15-5-3-2-4-13(15)17-21(18,19)12-7-6-11-8-9-16-14(11)10-12/h6-7,10,13,15-17H,2-5,8-9H2,1H3. The minimum atomic E-state index is -3.43. The highest BCUT2D eigenvalue weighted by molar-refractivity contribution is 7.99. The first-order valence-electron chi connectivity index (χ1n) is 7.52. The molecular weight excluding hydrogens is 304 g/mol. The van der Waals surface area contributed by atoms with Gasteiger partial charge in [-0.15, -0.1) is 0 Å². The molecule has 0 aromatic heterocycles. The number of hydrogen-bond acceptors (Lipinski definition) is 4. The van der Waals surface area contributed by atoms with Crippen molar-refractivity contribution in [3.05, 3.63) is 23.8 Å². The van der Waals surface area contributed by atoms with Crippen LogP contribution in [0.1, 0.15) is 31.2 Å². The van der Waals surface area contributed by atoms with Gasteiger partial charge in [-0.3, -0.25) is 0 Å². The Balaban J connectivity index is 1.80. The molecule has 1 fully saturated rings. The van der Waals surface area contributed by atoms with Crippen molar-refractivity contribution in [1.29, 1.82) is 0 Å². The van der Waals surface area contributed by atoms with E-state index in [1.165, 1.54) is 12.0 Å². The maximum atomic E-state index is 12.6. The predicted molar refractivity (Wildman–Crippen MR) is 88.5 cm³/mol. The summed E-state index contributed by atoms with van der Waals surface area (Å²) in [5.41, 5.74) is 2.16. The molecule has 0 spiro atoms. The first-order chi connectivity index (χ1) is 10.1. The third kappa shape index (κ3) is 3.22. The summed E-state index contributed by atoms with van der Waals surface area (Å²) in [6, 6.07) is 5.48. The Morgan fingerprint density at radius 1 is 1.29 bits per heavy atom. The van der Waals surface area contributed by atoms with Gasteiger partial charge in [0.1, 0.15) is 0 Å². The summed E-state index contributed by atoms with van der Waals surface area (Å²) in [7, 11) is -3.43. The molecule has 21 heavy (non-hydrogen) atoms. The number of rotatable bonds is 4. The van der Waals surface area contributed by atoms with Gasteiger partial charge in [-0.05, 0) is 43.2 Å². The third-order valence-electron chi connectivity index (χ3n) is 4.41. The fraction of sp³-hybridized carbons (Fsp3) is 0.600. The van der Waals surface area contributed by atoms with E-state index in [9.17, 15) is 8.42 Å². The fourth-order valence-electron chi connectivity index (χ4n) is 3.22. The Bertz CT molecular complexity index is 616. The molecular formula is C15H22N2O2S2. The number of hydrogen-bond donors (Lipinski definition) is 2. The van der Waals surface area contributed by atoms with E-state index in [1.54, 1.807) is 23.9 Å². The molecule has 1 aliphatic carbocycles. The van der Waals surface area contributed by atoms with E-state index in [0.29, 0.717) is 10.1 Å². The average molecular weight is 326 g/mol. The molecule has 2 unspecified atom stereocenters. The first-order valence-corrected chi connectivity index (χ1v) is 10.3. The van der Waals surface area contributed by atoms with E-state index in [1.807, 2.05) is 6.07 Å². The summed E-state index contributed by atoms with van der Waals surface area (Å²) < 4.78 is 28.2. The molecule has 0 bridgehead atoms. The quantitative estimate of drug-likeness (QED) is 0.893. The molecule has 1 saturated carbocycles. The molecule has 2 aliphatic rings. The minimum absolute atomic E-state index is 0.0555. The molecule has 116 valence electrons. The molecule has 3 rings (SSSR count). The third-order valence-corrected chi connectivity index (χ3v) is 7.07. The lowest BCUT2D eigenvalue weighted by molar-refractivity contribution is 0.423. The van der Waals surface area contributed by atoms with Crippen molar-refractivity contribution in [3.8, 4) is 0 Å². The molecule has 1 aliphatic heterocycles. The molecule has 2 N–H and O–H groups in total. The molecule has 0 radical (unpaired) electrons. The fourth-order valence-corrected chi connectivity index (χ4v) is 5.58. The normalized spacial score (nSPS) is 25.4. The van der Waals surface area contributed by atoms with Gasteiger partial charge >= 0.3 is 0 Å². The summed E-state index contributed by atoms with van der Waals surface area (Å²) >= 11 is 1.77. The van der Waals surface area contributed by atoms with Crippen LogP contribution in [0.15, 0.2) is 23.1 Å². The van der Waals surface area contributed by atoms with Crippen molar-refractivity contribution in [2.24, 2.45) is 0 Å². The monoisotopic (exact) mass is 326 g/mol. The van der Waals surface area contributed by atoms with Crippen molar-refractivity contribution in [3.63, 3.8) is 0 Å². The lowest BCUT2D eigenvalue weighted by atomic mass is 9.96. The van der Waals surface area contributed by atoms with Crippen LogP contribution in [0, 0.1) is 0 Å². The Hall–Kier alpha value is -0.720. The zero-order valence-corrected chi connectivity index (χ0v) is 13.9. The molecule has 0 amide bonds. The van der Waals surface area contributed by atoms with Gasteiger partial charge < -0.3 is 5.32 Å². The molecule has 6 heteroatoms.